The van der Waals surface area contributed by atoms with Crippen LogP contribution in [-0.4, -0.2) is 11.1 Å². The van der Waals surface area contributed by atoms with Crippen molar-refractivity contribution in [3.63, 3.8) is 0 Å². The van der Waals surface area contributed by atoms with Gasteiger partial charge in [-0.25, -0.2) is 0 Å². The fourth-order valence-electron chi connectivity index (χ4n) is 3.72. The van der Waals surface area contributed by atoms with E-state index in [0.29, 0.717) is 11.8 Å². The molecule has 0 heterocycles. The van der Waals surface area contributed by atoms with Crippen molar-refractivity contribution in [2.24, 2.45) is 22.7 Å². The molecule has 0 saturated heterocycles. The first-order valence-electron chi connectivity index (χ1n) is 6.57. The number of carboxylic acid groups (broad SMARTS) is 1. The van der Waals surface area contributed by atoms with Gasteiger partial charge in [-0.2, -0.15) is 0 Å². The maximum atomic E-state index is 11.6. The zero-order chi connectivity index (χ0) is 12.0. The molecule has 2 heteroatoms. The van der Waals surface area contributed by atoms with E-state index in [1.165, 1.54) is 12.8 Å². The molecule has 0 aromatic rings. The first kappa shape index (κ1) is 11.9. The molecule has 2 nitrogen and oxygen atoms in total. The minimum Gasteiger partial charge on any atom is -0.481 e. The molecule has 0 spiro atoms. The van der Waals surface area contributed by atoms with Gasteiger partial charge in [-0.3, -0.25) is 4.79 Å². The number of carboxylic acids is 1. The van der Waals surface area contributed by atoms with Crippen molar-refractivity contribution in [1.82, 2.24) is 0 Å². The molecule has 2 rings (SSSR count). The lowest BCUT2D eigenvalue weighted by Crippen LogP contribution is -2.37. The Balaban J connectivity index is 2.09. The number of hydrogen-bond acceptors (Lipinski definition) is 1. The summed E-state index contributed by atoms with van der Waals surface area (Å²) in [4.78, 5) is 11.6. The maximum absolute atomic E-state index is 11.6. The minimum atomic E-state index is -0.524. The van der Waals surface area contributed by atoms with Gasteiger partial charge < -0.3 is 5.11 Å². The lowest BCUT2D eigenvalue weighted by Gasteiger charge is -2.35. The van der Waals surface area contributed by atoms with Gasteiger partial charge in [0.1, 0.15) is 0 Å². The summed E-state index contributed by atoms with van der Waals surface area (Å²) in [5.74, 6) is 0.655. The van der Waals surface area contributed by atoms with Crippen molar-refractivity contribution < 1.29 is 9.90 Å². The van der Waals surface area contributed by atoms with E-state index in [1.807, 2.05) is 0 Å². The van der Waals surface area contributed by atoms with Crippen LogP contribution in [0.25, 0.3) is 0 Å². The average Bonchev–Trinajstić information content (AvgIpc) is 2.72. The van der Waals surface area contributed by atoms with Crippen LogP contribution in [0.4, 0.5) is 0 Å². The van der Waals surface area contributed by atoms with Crippen LogP contribution in [0.5, 0.6) is 0 Å². The predicted molar refractivity (Wildman–Crippen MR) is 64.2 cm³/mol. The van der Waals surface area contributed by atoms with Gasteiger partial charge in [0.25, 0.3) is 0 Å². The van der Waals surface area contributed by atoms with E-state index in [2.05, 4.69) is 20.8 Å². The van der Waals surface area contributed by atoms with Gasteiger partial charge >= 0.3 is 5.97 Å². The Kier molecular flexibility index (Phi) is 2.80. The summed E-state index contributed by atoms with van der Waals surface area (Å²) in [5.41, 5.74) is -0.111. The summed E-state index contributed by atoms with van der Waals surface area (Å²) < 4.78 is 0. The Morgan fingerprint density at radius 1 is 1.38 bits per heavy atom. The Morgan fingerprint density at radius 3 is 2.44 bits per heavy atom. The van der Waals surface area contributed by atoms with E-state index in [0.717, 1.165) is 25.7 Å². The summed E-state index contributed by atoms with van der Waals surface area (Å²) in [6.07, 6.45) is 6.46. The van der Waals surface area contributed by atoms with Crippen LogP contribution in [0.2, 0.25) is 0 Å². The number of rotatable bonds is 3. The van der Waals surface area contributed by atoms with Gasteiger partial charge in [0, 0.05) is 0 Å². The number of fused-ring (bicyclic) bond motifs is 2. The van der Waals surface area contributed by atoms with Crippen molar-refractivity contribution in [1.29, 1.82) is 0 Å². The van der Waals surface area contributed by atoms with Crippen LogP contribution in [0.1, 0.15) is 59.3 Å². The Bertz CT molecular complexity index is 290. The van der Waals surface area contributed by atoms with E-state index >= 15 is 0 Å². The molecule has 0 aliphatic heterocycles. The zero-order valence-electron chi connectivity index (χ0n) is 10.8. The van der Waals surface area contributed by atoms with Gasteiger partial charge in [-0.05, 0) is 49.4 Å². The van der Waals surface area contributed by atoms with Crippen molar-refractivity contribution >= 4 is 5.97 Å². The molecule has 2 bridgehead atoms. The summed E-state index contributed by atoms with van der Waals surface area (Å²) in [6.45, 7) is 6.61. The molecule has 2 aliphatic rings. The smallest absolute Gasteiger partial charge is 0.309 e. The van der Waals surface area contributed by atoms with Crippen LogP contribution in [-0.2, 0) is 4.79 Å². The van der Waals surface area contributed by atoms with Crippen LogP contribution in [0, 0.1) is 22.7 Å². The molecule has 3 unspecified atom stereocenters. The molecular weight excluding hydrogens is 200 g/mol. The predicted octanol–water partition coefficient (Wildman–Crippen LogP) is 3.70. The lowest BCUT2D eigenvalue weighted by molar-refractivity contribution is -0.153. The monoisotopic (exact) mass is 224 g/mol. The second kappa shape index (κ2) is 3.75. The third-order valence-corrected chi connectivity index (χ3v) is 4.72. The van der Waals surface area contributed by atoms with E-state index < -0.39 is 5.97 Å². The number of aliphatic carboxylic acids is 1. The van der Waals surface area contributed by atoms with Crippen molar-refractivity contribution in [3.05, 3.63) is 0 Å². The molecular formula is C14H24O2. The molecule has 3 atom stereocenters. The standard InChI is InChI=1S/C14H24O2/c1-13(2,3)6-7-14(12(15)16)9-10-4-5-11(14)8-10/h10-11H,4-9H2,1-3H3,(H,15,16). The van der Waals surface area contributed by atoms with Gasteiger partial charge in [-0.15, -0.1) is 0 Å². The van der Waals surface area contributed by atoms with E-state index in [1.54, 1.807) is 0 Å². The molecule has 0 aromatic carbocycles. The Morgan fingerprint density at radius 2 is 2.06 bits per heavy atom. The molecule has 92 valence electrons. The SMILES string of the molecule is CC(C)(C)CCC1(C(=O)O)CC2CCC1C2. The molecule has 0 radical (unpaired) electrons. The summed E-state index contributed by atoms with van der Waals surface area (Å²) >= 11 is 0. The summed E-state index contributed by atoms with van der Waals surface area (Å²) in [6, 6.07) is 0. The minimum absolute atomic E-state index is 0.254. The van der Waals surface area contributed by atoms with Crippen molar-refractivity contribution in [2.45, 2.75) is 59.3 Å². The third kappa shape index (κ3) is 1.99. The van der Waals surface area contributed by atoms with Gasteiger partial charge in [-0.1, -0.05) is 27.2 Å². The fourth-order valence-corrected chi connectivity index (χ4v) is 3.72. The molecule has 2 fully saturated rings. The molecule has 0 aromatic heterocycles. The average molecular weight is 224 g/mol. The highest BCUT2D eigenvalue weighted by Crippen LogP contribution is 2.58. The van der Waals surface area contributed by atoms with Gasteiger partial charge in [0.15, 0.2) is 0 Å². The Hall–Kier alpha value is -0.530. The maximum Gasteiger partial charge on any atom is 0.309 e. The quantitative estimate of drug-likeness (QED) is 0.793. The molecule has 16 heavy (non-hydrogen) atoms. The largest absolute Gasteiger partial charge is 0.481 e. The summed E-state index contributed by atoms with van der Waals surface area (Å²) in [5, 5.41) is 9.58. The van der Waals surface area contributed by atoms with E-state index in [9.17, 15) is 9.90 Å². The summed E-state index contributed by atoms with van der Waals surface area (Å²) in [7, 11) is 0. The van der Waals surface area contributed by atoms with Crippen LogP contribution >= 0.6 is 0 Å². The highest BCUT2D eigenvalue weighted by Gasteiger charge is 2.55. The first-order chi connectivity index (χ1) is 7.33. The second-order valence-corrected chi connectivity index (χ2v) is 7.10. The van der Waals surface area contributed by atoms with Crippen molar-refractivity contribution in [3.8, 4) is 0 Å². The molecule has 2 aliphatic carbocycles. The zero-order valence-corrected chi connectivity index (χ0v) is 10.8. The normalized spacial score (nSPS) is 37.9. The Labute approximate surface area is 98.4 Å². The third-order valence-electron chi connectivity index (χ3n) is 4.72. The van der Waals surface area contributed by atoms with E-state index in [4.69, 9.17) is 0 Å². The number of hydrogen-bond donors (Lipinski definition) is 1. The van der Waals surface area contributed by atoms with E-state index in [-0.39, 0.29) is 10.8 Å². The topological polar surface area (TPSA) is 37.3 Å². The highest BCUT2D eigenvalue weighted by atomic mass is 16.4. The number of carbonyl (C=O) groups is 1. The van der Waals surface area contributed by atoms with Crippen LogP contribution < -0.4 is 0 Å². The molecule has 0 amide bonds. The van der Waals surface area contributed by atoms with Gasteiger partial charge in [0.2, 0.25) is 0 Å². The molecule has 1 N–H and O–H groups in total. The molecule has 2 saturated carbocycles. The van der Waals surface area contributed by atoms with Crippen LogP contribution in [0.15, 0.2) is 0 Å². The van der Waals surface area contributed by atoms with Crippen LogP contribution in [0.3, 0.4) is 0 Å². The second-order valence-electron chi connectivity index (χ2n) is 7.10. The highest BCUT2D eigenvalue weighted by molar-refractivity contribution is 5.75. The first-order valence-corrected chi connectivity index (χ1v) is 6.57. The fraction of sp³-hybridized carbons (Fsp3) is 0.929. The van der Waals surface area contributed by atoms with Gasteiger partial charge in [0.05, 0.1) is 5.41 Å². The lowest BCUT2D eigenvalue weighted by atomic mass is 9.68. The van der Waals surface area contributed by atoms with Crippen molar-refractivity contribution in [2.75, 3.05) is 0 Å².